The lowest BCUT2D eigenvalue weighted by molar-refractivity contribution is -0.145. The maximum atomic E-state index is 12.8. The summed E-state index contributed by atoms with van der Waals surface area (Å²) in [7, 11) is 1.27. The Morgan fingerprint density at radius 2 is 1.61 bits per heavy atom. The highest BCUT2D eigenvalue weighted by atomic mass is 16.6. The van der Waals surface area contributed by atoms with Gasteiger partial charge in [0.1, 0.15) is 17.7 Å². The minimum atomic E-state index is -0.852. The average molecular weight is 392 g/mol. The monoisotopic (exact) mass is 392 g/mol. The normalized spacial score (nSPS) is 13.4. The molecule has 0 aliphatic rings. The summed E-state index contributed by atoms with van der Waals surface area (Å²) in [6, 6.07) is 7.65. The van der Waals surface area contributed by atoms with E-state index in [1.54, 1.807) is 20.8 Å². The van der Waals surface area contributed by atoms with Crippen LogP contribution in [0.3, 0.4) is 0 Å². The standard InChI is InChI=1S/C21H32N2O5/c1-14(2)12-16(23-20(26)28-21(3,4)5)18(24)22-17(19(25)27-6)13-15-10-8-7-9-11-15/h7-11,14,16-17H,12-13H2,1-6H3,(H,22,24)(H,23,26)/t16-,17?/m0/s1. The molecular weight excluding hydrogens is 360 g/mol. The quantitative estimate of drug-likeness (QED) is 0.664. The fourth-order valence-corrected chi connectivity index (χ4v) is 2.61. The van der Waals surface area contributed by atoms with Gasteiger partial charge < -0.3 is 20.1 Å². The van der Waals surface area contributed by atoms with E-state index in [4.69, 9.17) is 9.47 Å². The lowest BCUT2D eigenvalue weighted by Crippen LogP contribution is -2.53. The first-order chi connectivity index (χ1) is 13.0. The van der Waals surface area contributed by atoms with E-state index in [0.29, 0.717) is 12.8 Å². The molecule has 0 bridgehead atoms. The smallest absolute Gasteiger partial charge is 0.408 e. The number of benzene rings is 1. The van der Waals surface area contributed by atoms with Crippen molar-refractivity contribution in [1.29, 1.82) is 0 Å². The minimum absolute atomic E-state index is 0.149. The van der Waals surface area contributed by atoms with E-state index in [-0.39, 0.29) is 5.92 Å². The second-order valence-electron chi connectivity index (χ2n) is 8.10. The first kappa shape index (κ1) is 23.5. The van der Waals surface area contributed by atoms with Gasteiger partial charge in [-0.1, -0.05) is 44.2 Å². The number of hydrogen-bond donors (Lipinski definition) is 2. The van der Waals surface area contributed by atoms with Crippen molar-refractivity contribution in [2.75, 3.05) is 7.11 Å². The van der Waals surface area contributed by atoms with Crippen LogP contribution >= 0.6 is 0 Å². The lowest BCUT2D eigenvalue weighted by Gasteiger charge is -2.25. The Balaban J connectivity index is 2.88. The summed E-state index contributed by atoms with van der Waals surface area (Å²) >= 11 is 0. The Hall–Kier alpha value is -2.57. The second kappa shape index (κ2) is 10.7. The molecule has 0 aromatic heterocycles. The second-order valence-corrected chi connectivity index (χ2v) is 8.10. The van der Waals surface area contributed by atoms with Gasteiger partial charge in [-0.2, -0.15) is 0 Å². The summed E-state index contributed by atoms with van der Waals surface area (Å²) in [4.78, 5) is 37.1. The molecule has 0 heterocycles. The minimum Gasteiger partial charge on any atom is -0.467 e. The van der Waals surface area contributed by atoms with Crippen LogP contribution in [0.25, 0.3) is 0 Å². The number of nitrogens with one attached hydrogen (secondary N) is 2. The van der Waals surface area contributed by atoms with Crippen molar-refractivity contribution in [2.45, 2.75) is 65.1 Å². The van der Waals surface area contributed by atoms with Gasteiger partial charge in [0.25, 0.3) is 0 Å². The SMILES string of the molecule is COC(=O)C(Cc1ccccc1)NC(=O)[C@H](CC(C)C)NC(=O)OC(C)(C)C. The van der Waals surface area contributed by atoms with Gasteiger partial charge in [-0.05, 0) is 38.7 Å². The molecule has 0 saturated carbocycles. The first-order valence-electron chi connectivity index (χ1n) is 9.43. The highest BCUT2D eigenvalue weighted by molar-refractivity contribution is 5.89. The van der Waals surface area contributed by atoms with Gasteiger partial charge in [-0.25, -0.2) is 9.59 Å². The molecule has 28 heavy (non-hydrogen) atoms. The summed E-state index contributed by atoms with van der Waals surface area (Å²) in [6.45, 7) is 9.13. The fraction of sp³-hybridized carbons (Fsp3) is 0.571. The zero-order valence-electron chi connectivity index (χ0n) is 17.6. The van der Waals surface area contributed by atoms with Crippen molar-refractivity contribution >= 4 is 18.0 Å². The van der Waals surface area contributed by atoms with Gasteiger partial charge in [-0.15, -0.1) is 0 Å². The van der Waals surface area contributed by atoms with Crippen LogP contribution in [0.2, 0.25) is 0 Å². The molecule has 1 unspecified atom stereocenters. The Bertz CT molecular complexity index is 653. The molecule has 0 spiro atoms. The van der Waals surface area contributed by atoms with Crippen LogP contribution in [0.1, 0.15) is 46.6 Å². The highest BCUT2D eigenvalue weighted by Gasteiger charge is 2.29. The molecule has 1 aromatic carbocycles. The van der Waals surface area contributed by atoms with Crippen molar-refractivity contribution in [1.82, 2.24) is 10.6 Å². The van der Waals surface area contributed by atoms with Crippen LogP contribution in [-0.2, 0) is 25.5 Å². The maximum absolute atomic E-state index is 12.8. The van der Waals surface area contributed by atoms with E-state index in [9.17, 15) is 14.4 Å². The fourth-order valence-electron chi connectivity index (χ4n) is 2.61. The summed E-state index contributed by atoms with van der Waals surface area (Å²) in [6.07, 6.45) is 0.0238. The largest absolute Gasteiger partial charge is 0.467 e. The third-order valence-corrected chi connectivity index (χ3v) is 3.80. The molecule has 1 aromatic rings. The summed E-state index contributed by atoms with van der Waals surface area (Å²) < 4.78 is 10.1. The number of esters is 1. The van der Waals surface area contributed by atoms with E-state index in [1.807, 2.05) is 44.2 Å². The number of alkyl carbamates (subject to hydrolysis) is 1. The number of carbonyl (C=O) groups is 3. The highest BCUT2D eigenvalue weighted by Crippen LogP contribution is 2.11. The van der Waals surface area contributed by atoms with Gasteiger partial charge in [0, 0.05) is 6.42 Å². The van der Waals surface area contributed by atoms with E-state index in [2.05, 4.69) is 10.6 Å². The van der Waals surface area contributed by atoms with Crippen LogP contribution in [0, 0.1) is 5.92 Å². The molecule has 7 nitrogen and oxygen atoms in total. The molecule has 2 amide bonds. The molecule has 2 atom stereocenters. The Morgan fingerprint density at radius 1 is 1.00 bits per heavy atom. The zero-order chi connectivity index (χ0) is 21.3. The Labute approximate surface area is 167 Å². The van der Waals surface area contributed by atoms with Crippen LogP contribution in [0.15, 0.2) is 30.3 Å². The number of amides is 2. The third-order valence-electron chi connectivity index (χ3n) is 3.80. The number of hydrogen-bond acceptors (Lipinski definition) is 5. The van der Waals surface area contributed by atoms with Gasteiger partial charge >= 0.3 is 12.1 Å². The van der Waals surface area contributed by atoms with Crippen molar-refractivity contribution in [3.8, 4) is 0 Å². The topological polar surface area (TPSA) is 93.7 Å². The summed E-state index contributed by atoms with van der Waals surface area (Å²) in [5.74, 6) is -0.847. The van der Waals surface area contributed by atoms with Crippen LogP contribution in [0.4, 0.5) is 4.79 Å². The van der Waals surface area contributed by atoms with Crippen molar-refractivity contribution < 1.29 is 23.9 Å². The average Bonchev–Trinajstić information content (AvgIpc) is 2.58. The third kappa shape index (κ3) is 8.88. The van der Waals surface area contributed by atoms with E-state index in [0.717, 1.165) is 5.56 Å². The van der Waals surface area contributed by atoms with Gasteiger partial charge in [0.05, 0.1) is 7.11 Å². The number of methoxy groups -OCH3 is 1. The molecule has 2 N–H and O–H groups in total. The number of ether oxygens (including phenoxy) is 2. The molecule has 0 aliphatic carbocycles. The molecule has 0 aliphatic heterocycles. The molecule has 1 rings (SSSR count). The van der Waals surface area contributed by atoms with Gasteiger partial charge in [0.2, 0.25) is 5.91 Å². The summed E-state index contributed by atoms with van der Waals surface area (Å²) in [5.41, 5.74) is 0.212. The van der Waals surface area contributed by atoms with Gasteiger partial charge in [-0.3, -0.25) is 4.79 Å². The predicted molar refractivity (Wildman–Crippen MR) is 107 cm³/mol. The molecule has 156 valence electrons. The van der Waals surface area contributed by atoms with E-state index >= 15 is 0 Å². The predicted octanol–water partition coefficient (Wildman–Crippen LogP) is 2.83. The van der Waals surface area contributed by atoms with E-state index < -0.39 is 35.7 Å². The van der Waals surface area contributed by atoms with Crippen LogP contribution in [0.5, 0.6) is 0 Å². The molecule has 0 fully saturated rings. The number of rotatable bonds is 8. The first-order valence-corrected chi connectivity index (χ1v) is 9.43. The van der Waals surface area contributed by atoms with Crippen molar-refractivity contribution in [3.63, 3.8) is 0 Å². The molecular formula is C21H32N2O5. The van der Waals surface area contributed by atoms with Crippen molar-refractivity contribution in [3.05, 3.63) is 35.9 Å². The number of carbonyl (C=O) groups excluding carboxylic acids is 3. The molecule has 0 saturated heterocycles. The Morgan fingerprint density at radius 3 is 2.11 bits per heavy atom. The van der Waals surface area contributed by atoms with Crippen LogP contribution < -0.4 is 10.6 Å². The van der Waals surface area contributed by atoms with Crippen LogP contribution in [-0.4, -0.2) is 42.8 Å². The summed E-state index contributed by atoms with van der Waals surface area (Å²) in [5, 5.41) is 5.31. The van der Waals surface area contributed by atoms with Crippen molar-refractivity contribution in [2.24, 2.45) is 5.92 Å². The zero-order valence-corrected chi connectivity index (χ0v) is 17.6. The van der Waals surface area contributed by atoms with E-state index in [1.165, 1.54) is 7.11 Å². The molecule has 7 heteroatoms. The Kier molecular flexibility index (Phi) is 8.96. The maximum Gasteiger partial charge on any atom is 0.408 e. The lowest BCUT2D eigenvalue weighted by atomic mass is 10.0. The van der Waals surface area contributed by atoms with Gasteiger partial charge in [0.15, 0.2) is 0 Å². The molecule has 0 radical (unpaired) electrons.